The molecule has 2 N–H and O–H groups in total. The number of hydrogen-bond acceptors (Lipinski definition) is 4. The number of pyridine rings is 1. The lowest BCUT2D eigenvalue weighted by molar-refractivity contribution is 0.327. The Bertz CT molecular complexity index is 317. The van der Waals surface area contributed by atoms with Crippen LogP contribution in [0, 0.1) is 0 Å². The zero-order valence-electron chi connectivity index (χ0n) is 10.9. The van der Waals surface area contributed by atoms with E-state index in [-0.39, 0.29) is 0 Å². The predicted molar refractivity (Wildman–Crippen MR) is 71.6 cm³/mol. The van der Waals surface area contributed by atoms with Crippen molar-refractivity contribution in [1.29, 1.82) is 0 Å². The molecule has 17 heavy (non-hydrogen) atoms. The Labute approximate surface area is 104 Å². The molecule has 0 saturated heterocycles. The molecular weight excluding hydrogens is 214 g/mol. The van der Waals surface area contributed by atoms with Crippen LogP contribution in [-0.4, -0.2) is 31.2 Å². The summed E-state index contributed by atoms with van der Waals surface area (Å²) in [5.74, 6) is 1.67. The summed E-state index contributed by atoms with van der Waals surface area (Å²) in [4.78, 5) is 6.76. The van der Waals surface area contributed by atoms with Crippen molar-refractivity contribution in [2.75, 3.05) is 31.1 Å². The summed E-state index contributed by atoms with van der Waals surface area (Å²) >= 11 is 0. The zero-order chi connectivity index (χ0) is 12.5. The smallest absolute Gasteiger partial charge is 0.215 e. The first-order valence-corrected chi connectivity index (χ1v) is 6.36. The van der Waals surface area contributed by atoms with Gasteiger partial charge in [-0.2, -0.15) is 4.98 Å². The van der Waals surface area contributed by atoms with E-state index in [4.69, 9.17) is 10.5 Å². The summed E-state index contributed by atoms with van der Waals surface area (Å²) in [6, 6.07) is 5.90. The van der Waals surface area contributed by atoms with Crippen LogP contribution < -0.4 is 15.4 Å². The number of nitrogens with zero attached hydrogens (tertiary/aromatic N) is 2. The van der Waals surface area contributed by atoms with E-state index in [1.54, 1.807) is 0 Å². The van der Waals surface area contributed by atoms with Gasteiger partial charge in [0.2, 0.25) is 5.88 Å². The van der Waals surface area contributed by atoms with Crippen LogP contribution >= 0.6 is 0 Å². The fourth-order valence-electron chi connectivity index (χ4n) is 1.70. The Morgan fingerprint density at radius 1 is 1.29 bits per heavy atom. The minimum atomic E-state index is 0.646. The van der Waals surface area contributed by atoms with E-state index >= 15 is 0 Å². The molecule has 0 atom stereocenters. The van der Waals surface area contributed by atoms with Crippen LogP contribution in [0.15, 0.2) is 18.2 Å². The second-order valence-electron chi connectivity index (χ2n) is 3.90. The quantitative estimate of drug-likeness (QED) is 0.752. The number of nitrogens with two attached hydrogens (primary N) is 1. The summed E-state index contributed by atoms with van der Waals surface area (Å²) in [6.45, 7) is 7.45. The van der Waals surface area contributed by atoms with Gasteiger partial charge in [0.05, 0.1) is 6.61 Å². The maximum Gasteiger partial charge on any atom is 0.215 e. The van der Waals surface area contributed by atoms with Crippen LogP contribution in [0.1, 0.15) is 26.7 Å². The number of aromatic nitrogens is 1. The van der Waals surface area contributed by atoms with Gasteiger partial charge in [-0.25, -0.2) is 0 Å². The Morgan fingerprint density at radius 2 is 2.12 bits per heavy atom. The van der Waals surface area contributed by atoms with Gasteiger partial charge in [-0.1, -0.05) is 13.0 Å². The van der Waals surface area contributed by atoms with Gasteiger partial charge in [0.15, 0.2) is 0 Å². The molecule has 0 radical (unpaired) electrons. The van der Waals surface area contributed by atoms with Crippen molar-refractivity contribution < 1.29 is 4.74 Å². The molecule has 1 aromatic heterocycles. The summed E-state index contributed by atoms with van der Waals surface area (Å²) in [5, 5.41) is 0. The predicted octanol–water partition coefficient (Wildman–Crippen LogP) is 2.05. The van der Waals surface area contributed by atoms with E-state index in [0.29, 0.717) is 19.0 Å². The first-order valence-electron chi connectivity index (χ1n) is 6.36. The van der Waals surface area contributed by atoms with Gasteiger partial charge < -0.3 is 15.4 Å². The second kappa shape index (κ2) is 7.90. The average molecular weight is 237 g/mol. The number of ether oxygens (including phenoxy) is 1. The highest BCUT2D eigenvalue weighted by molar-refractivity contribution is 5.40. The van der Waals surface area contributed by atoms with E-state index < -0.39 is 0 Å². The number of rotatable bonds is 8. The minimum absolute atomic E-state index is 0.646. The van der Waals surface area contributed by atoms with Crippen LogP contribution in [0.5, 0.6) is 5.88 Å². The molecule has 0 aliphatic heterocycles. The molecule has 1 aromatic rings. The molecular formula is C13H23N3O. The van der Waals surface area contributed by atoms with Gasteiger partial charge in [0.1, 0.15) is 5.82 Å². The lowest BCUT2D eigenvalue weighted by atomic mass is 10.3. The third kappa shape index (κ3) is 4.61. The van der Waals surface area contributed by atoms with Crippen LogP contribution in [0.4, 0.5) is 5.82 Å². The lowest BCUT2D eigenvalue weighted by Crippen LogP contribution is -2.27. The van der Waals surface area contributed by atoms with Gasteiger partial charge >= 0.3 is 0 Å². The SMILES string of the molecule is CCCN(CCCN)c1cccc(OCC)n1. The van der Waals surface area contributed by atoms with Crippen LogP contribution in [0.2, 0.25) is 0 Å². The molecule has 1 rings (SSSR count). The first-order chi connectivity index (χ1) is 8.31. The van der Waals surface area contributed by atoms with E-state index in [1.807, 2.05) is 25.1 Å². The van der Waals surface area contributed by atoms with Crippen molar-refractivity contribution in [3.63, 3.8) is 0 Å². The van der Waals surface area contributed by atoms with E-state index in [9.17, 15) is 0 Å². The van der Waals surface area contributed by atoms with Gasteiger partial charge in [0.25, 0.3) is 0 Å². The van der Waals surface area contributed by atoms with Crippen molar-refractivity contribution in [2.45, 2.75) is 26.7 Å². The maximum atomic E-state index is 5.56. The van der Waals surface area contributed by atoms with Crippen molar-refractivity contribution in [3.05, 3.63) is 18.2 Å². The standard InChI is InChI=1S/C13H23N3O/c1-3-10-16(11-6-9-14)12-7-5-8-13(15-12)17-4-2/h5,7-8H,3-4,6,9-11,14H2,1-2H3. The van der Waals surface area contributed by atoms with Crippen LogP contribution in [0.3, 0.4) is 0 Å². The maximum absolute atomic E-state index is 5.56. The summed E-state index contributed by atoms with van der Waals surface area (Å²) in [7, 11) is 0. The molecule has 4 nitrogen and oxygen atoms in total. The molecule has 0 amide bonds. The minimum Gasteiger partial charge on any atom is -0.478 e. The monoisotopic (exact) mass is 237 g/mol. The summed E-state index contributed by atoms with van der Waals surface area (Å²) < 4.78 is 5.42. The Morgan fingerprint density at radius 3 is 2.76 bits per heavy atom. The second-order valence-corrected chi connectivity index (χ2v) is 3.90. The number of hydrogen-bond donors (Lipinski definition) is 1. The lowest BCUT2D eigenvalue weighted by Gasteiger charge is -2.23. The van der Waals surface area contributed by atoms with Crippen molar-refractivity contribution in [3.8, 4) is 5.88 Å². The van der Waals surface area contributed by atoms with E-state index in [0.717, 1.165) is 31.7 Å². The normalized spacial score (nSPS) is 10.3. The summed E-state index contributed by atoms with van der Waals surface area (Å²) in [5.41, 5.74) is 5.56. The van der Waals surface area contributed by atoms with Gasteiger partial charge in [-0.15, -0.1) is 0 Å². The largest absolute Gasteiger partial charge is 0.478 e. The topological polar surface area (TPSA) is 51.4 Å². The first kappa shape index (κ1) is 13.8. The molecule has 0 unspecified atom stereocenters. The molecule has 96 valence electrons. The Hall–Kier alpha value is -1.29. The molecule has 0 fully saturated rings. The van der Waals surface area contributed by atoms with Crippen LogP contribution in [-0.2, 0) is 0 Å². The summed E-state index contributed by atoms with van der Waals surface area (Å²) in [6.07, 6.45) is 2.09. The number of anilines is 1. The zero-order valence-corrected chi connectivity index (χ0v) is 10.9. The van der Waals surface area contributed by atoms with Crippen molar-refractivity contribution in [2.24, 2.45) is 5.73 Å². The Kier molecular flexibility index (Phi) is 6.40. The molecule has 0 aromatic carbocycles. The van der Waals surface area contributed by atoms with Gasteiger partial charge in [-0.3, -0.25) is 0 Å². The van der Waals surface area contributed by atoms with E-state index in [1.165, 1.54) is 0 Å². The third-order valence-corrected chi connectivity index (χ3v) is 2.45. The fraction of sp³-hybridized carbons (Fsp3) is 0.615. The molecule has 1 heterocycles. The molecule has 4 heteroatoms. The highest BCUT2D eigenvalue weighted by atomic mass is 16.5. The van der Waals surface area contributed by atoms with Gasteiger partial charge in [0, 0.05) is 19.2 Å². The average Bonchev–Trinajstić information content (AvgIpc) is 2.35. The highest BCUT2D eigenvalue weighted by Gasteiger charge is 2.07. The third-order valence-electron chi connectivity index (χ3n) is 2.45. The van der Waals surface area contributed by atoms with Crippen molar-refractivity contribution >= 4 is 5.82 Å². The van der Waals surface area contributed by atoms with Gasteiger partial charge in [-0.05, 0) is 32.4 Å². The molecule has 0 aliphatic rings. The highest BCUT2D eigenvalue weighted by Crippen LogP contribution is 2.16. The fourth-order valence-corrected chi connectivity index (χ4v) is 1.70. The molecule has 0 bridgehead atoms. The molecule has 0 spiro atoms. The van der Waals surface area contributed by atoms with Crippen LogP contribution in [0.25, 0.3) is 0 Å². The van der Waals surface area contributed by atoms with Crippen molar-refractivity contribution in [1.82, 2.24) is 4.98 Å². The molecule has 0 saturated carbocycles. The molecule has 0 aliphatic carbocycles. The Balaban J connectivity index is 2.73. The van der Waals surface area contributed by atoms with E-state index in [2.05, 4.69) is 16.8 Å².